The average Bonchev–Trinajstić information content (AvgIpc) is 2.38. The molecule has 0 unspecified atom stereocenters. The molecule has 0 spiro atoms. The second kappa shape index (κ2) is 8.91. The lowest BCUT2D eigenvalue weighted by Gasteiger charge is -2.08. The molecule has 0 aromatic heterocycles. The smallest absolute Gasteiger partial charge is 0.121 e. The number of ether oxygens (including phenoxy) is 2. The second-order valence-corrected chi connectivity index (χ2v) is 4.17. The van der Waals surface area contributed by atoms with Gasteiger partial charge in [0.05, 0.1) is 20.3 Å². The van der Waals surface area contributed by atoms with Gasteiger partial charge in [0.15, 0.2) is 0 Å². The van der Waals surface area contributed by atoms with Crippen molar-refractivity contribution in [2.75, 3.05) is 33.5 Å². The Bertz CT molecular complexity index is 342. The normalized spacial score (nSPS) is 10.6. The van der Waals surface area contributed by atoms with Gasteiger partial charge in [-0.2, -0.15) is 0 Å². The third kappa shape index (κ3) is 5.49. The Balaban J connectivity index is 2.17. The Hall–Kier alpha value is -1.10. The Morgan fingerprint density at radius 2 is 2.11 bits per heavy atom. The van der Waals surface area contributed by atoms with Crippen LogP contribution in [0.2, 0.25) is 0 Å². The number of aryl methyl sites for hydroxylation is 1. The molecule has 102 valence electrons. The molecular weight excluding hydrogens is 230 g/mol. The third-order valence-corrected chi connectivity index (χ3v) is 2.67. The maximum Gasteiger partial charge on any atom is 0.121 e. The summed E-state index contributed by atoms with van der Waals surface area (Å²) in [5.41, 5.74) is 2.41. The minimum Gasteiger partial charge on any atom is -0.496 e. The molecule has 0 aliphatic rings. The van der Waals surface area contributed by atoms with Crippen molar-refractivity contribution < 1.29 is 14.6 Å². The van der Waals surface area contributed by atoms with Crippen LogP contribution in [-0.2, 0) is 11.3 Å². The predicted molar refractivity (Wildman–Crippen MR) is 72.0 cm³/mol. The predicted octanol–water partition coefficient (Wildman–Crippen LogP) is 1.49. The van der Waals surface area contributed by atoms with Crippen LogP contribution in [0.5, 0.6) is 5.75 Å². The van der Waals surface area contributed by atoms with E-state index in [2.05, 4.69) is 17.4 Å². The molecule has 0 heterocycles. The van der Waals surface area contributed by atoms with Gasteiger partial charge in [0.1, 0.15) is 5.75 Å². The van der Waals surface area contributed by atoms with E-state index in [4.69, 9.17) is 14.6 Å². The molecule has 1 aromatic rings. The molecule has 0 bridgehead atoms. The number of nitrogens with one attached hydrogen (secondary N) is 1. The van der Waals surface area contributed by atoms with Crippen molar-refractivity contribution in [2.45, 2.75) is 19.9 Å². The zero-order valence-corrected chi connectivity index (χ0v) is 11.2. The van der Waals surface area contributed by atoms with Crippen LogP contribution in [0.25, 0.3) is 0 Å². The van der Waals surface area contributed by atoms with E-state index in [9.17, 15) is 0 Å². The summed E-state index contributed by atoms with van der Waals surface area (Å²) in [6.07, 6.45) is 0.954. The van der Waals surface area contributed by atoms with Crippen molar-refractivity contribution in [1.82, 2.24) is 5.32 Å². The van der Waals surface area contributed by atoms with Crippen LogP contribution >= 0.6 is 0 Å². The molecule has 1 rings (SSSR count). The van der Waals surface area contributed by atoms with Crippen molar-refractivity contribution in [1.29, 1.82) is 0 Å². The zero-order chi connectivity index (χ0) is 13.2. The van der Waals surface area contributed by atoms with Crippen LogP contribution in [0, 0.1) is 6.92 Å². The molecule has 0 atom stereocenters. The van der Waals surface area contributed by atoms with Gasteiger partial charge in [-0.05, 0) is 37.1 Å². The highest BCUT2D eigenvalue weighted by molar-refractivity contribution is 5.36. The molecule has 0 amide bonds. The lowest BCUT2D eigenvalue weighted by atomic mass is 10.1. The average molecular weight is 253 g/mol. The standard InChI is InChI=1S/C14H23NO3/c1-12-10-13(4-5-14(12)17-2)11-15-6-3-8-18-9-7-16/h4-5,10,15-16H,3,6-9,11H2,1-2H3. The lowest BCUT2D eigenvalue weighted by Crippen LogP contribution is -2.16. The molecular formula is C14H23NO3. The molecule has 0 fully saturated rings. The van der Waals surface area contributed by atoms with Gasteiger partial charge in [0.2, 0.25) is 0 Å². The number of hydrogen-bond donors (Lipinski definition) is 2. The van der Waals surface area contributed by atoms with E-state index < -0.39 is 0 Å². The Kier molecular flexibility index (Phi) is 7.41. The van der Waals surface area contributed by atoms with Gasteiger partial charge in [-0.15, -0.1) is 0 Å². The molecule has 0 radical (unpaired) electrons. The molecule has 0 aliphatic heterocycles. The fourth-order valence-corrected chi connectivity index (χ4v) is 1.75. The Morgan fingerprint density at radius 1 is 1.28 bits per heavy atom. The maximum absolute atomic E-state index is 8.54. The molecule has 4 nitrogen and oxygen atoms in total. The van der Waals surface area contributed by atoms with Gasteiger partial charge in [0, 0.05) is 13.2 Å². The molecule has 0 saturated heterocycles. The fraction of sp³-hybridized carbons (Fsp3) is 0.571. The quantitative estimate of drug-likeness (QED) is 0.655. The minimum absolute atomic E-state index is 0.0958. The fourth-order valence-electron chi connectivity index (χ4n) is 1.75. The molecule has 0 saturated carbocycles. The number of aliphatic hydroxyl groups is 1. The molecule has 0 aliphatic carbocycles. The number of hydrogen-bond acceptors (Lipinski definition) is 4. The summed E-state index contributed by atoms with van der Waals surface area (Å²) in [4.78, 5) is 0. The number of benzene rings is 1. The maximum atomic E-state index is 8.54. The van der Waals surface area contributed by atoms with E-state index in [0.29, 0.717) is 13.2 Å². The van der Waals surface area contributed by atoms with Gasteiger partial charge >= 0.3 is 0 Å². The van der Waals surface area contributed by atoms with Gasteiger partial charge in [-0.25, -0.2) is 0 Å². The molecule has 2 N–H and O–H groups in total. The van der Waals surface area contributed by atoms with E-state index in [0.717, 1.165) is 30.8 Å². The highest BCUT2D eigenvalue weighted by Gasteiger charge is 1.99. The minimum atomic E-state index is 0.0958. The van der Waals surface area contributed by atoms with Crippen molar-refractivity contribution in [3.63, 3.8) is 0 Å². The molecule has 18 heavy (non-hydrogen) atoms. The van der Waals surface area contributed by atoms with E-state index in [-0.39, 0.29) is 6.61 Å². The van der Waals surface area contributed by atoms with Crippen molar-refractivity contribution in [2.24, 2.45) is 0 Å². The molecule has 1 aromatic carbocycles. The summed E-state index contributed by atoms with van der Waals surface area (Å²) in [6.45, 7) is 5.03. The summed E-state index contributed by atoms with van der Waals surface area (Å²) in [6, 6.07) is 6.20. The summed E-state index contributed by atoms with van der Waals surface area (Å²) < 4.78 is 10.4. The number of methoxy groups -OCH3 is 1. The highest BCUT2D eigenvalue weighted by atomic mass is 16.5. The van der Waals surface area contributed by atoms with Gasteiger partial charge in [0.25, 0.3) is 0 Å². The van der Waals surface area contributed by atoms with E-state index in [1.54, 1.807) is 7.11 Å². The van der Waals surface area contributed by atoms with Crippen LogP contribution in [0.1, 0.15) is 17.5 Å². The first kappa shape index (κ1) is 15.0. The lowest BCUT2D eigenvalue weighted by molar-refractivity contribution is 0.0907. The third-order valence-electron chi connectivity index (χ3n) is 2.67. The van der Waals surface area contributed by atoms with Crippen LogP contribution in [0.3, 0.4) is 0 Å². The summed E-state index contributed by atoms with van der Waals surface area (Å²) in [5, 5.41) is 11.9. The van der Waals surface area contributed by atoms with Crippen molar-refractivity contribution in [3.8, 4) is 5.75 Å². The monoisotopic (exact) mass is 253 g/mol. The number of rotatable bonds is 9. The number of aliphatic hydroxyl groups excluding tert-OH is 1. The van der Waals surface area contributed by atoms with Crippen molar-refractivity contribution >= 4 is 0 Å². The Morgan fingerprint density at radius 3 is 2.78 bits per heavy atom. The van der Waals surface area contributed by atoms with E-state index >= 15 is 0 Å². The van der Waals surface area contributed by atoms with Crippen LogP contribution in [0.15, 0.2) is 18.2 Å². The van der Waals surface area contributed by atoms with Crippen LogP contribution in [-0.4, -0.2) is 38.6 Å². The molecule has 4 heteroatoms. The Labute approximate surface area is 109 Å². The topological polar surface area (TPSA) is 50.7 Å². The summed E-state index contributed by atoms with van der Waals surface area (Å²) >= 11 is 0. The van der Waals surface area contributed by atoms with Gasteiger partial charge < -0.3 is 19.9 Å². The second-order valence-electron chi connectivity index (χ2n) is 4.17. The highest BCUT2D eigenvalue weighted by Crippen LogP contribution is 2.18. The van der Waals surface area contributed by atoms with Crippen LogP contribution < -0.4 is 10.1 Å². The first-order valence-corrected chi connectivity index (χ1v) is 6.30. The largest absolute Gasteiger partial charge is 0.496 e. The first-order valence-electron chi connectivity index (χ1n) is 6.30. The van der Waals surface area contributed by atoms with Gasteiger partial charge in [-0.1, -0.05) is 12.1 Å². The SMILES string of the molecule is COc1ccc(CNCCCOCCO)cc1C. The van der Waals surface area contributed by atoms with Crippen LogP contribution in [0.4, 0.5) is 0 Å². The summed E-state index contributed by atoms with van der Waals surface area (Å²) in [5.74, 6) is 0.927. The van der Waals surface area contributed by atoms with E-state index in [1.807, 2.05) is 13.0 Å². The van der Waals surface area contributed by atoms with Crippen molar-refractivity contribution in [3.05, 3.63) is 29.3 Å². The van der Waals surface area contributed by atoms with E-state index in [1.165, 1.54) is 5.56 Å². The zero-order valence-electron chi connectivity index (χ0n) is 11.2. The van der Waals surface area contributed by atoms with Gasteiger partial charge in [-0.3, -0.25) is 0 Å². The first-order chi connectivity index (χ1) is 8.77. The summed E-state index contributed by atoms with van der Waals surface area (Å²) in [7, 11) is 1.69.